The molecular formula is C8H10ClFN2O2. The molecule has 0 amide bonds. The summed E-state index contributed by atoms with van der Waals surface area (Å²) >= 11 is 0. The van der Waals surface area contributed by atoms with Gasteiger partial charge in [-0.1, -0.05) is 6.07 Å². The van der Waals surface area contributed by atoms with Gasteiger partial charge < -0.3 is 5.73 Å². The number of nitrogens with two attached hydrogens (primary N) is 1. The molecule has 0 saturated heterocycles. The number of hydrogen-bond donors (Lipinski definition) is 1. The standard InChI is InChI=1S/C8H9FN2O2.ClH/c1-5(10)6-2-3-7(9)8(4-6)11(12)13;/h2-5H,10H2,1H3;1H/t5-;/m0./s1. The maximum atomic E-state index is 12.8. The third-order valence-corrected chi connectivity index (χ3v) is 1.69. The highest BCUT2D eigenvalue weighted by Crippen LogP contribution is 2.21. The van der Waals surface area contributed by atoms with Gasteiger partial charge >= 0.3 is 5.69 Å². The molecule has 6 heteroatoms. The summed E-state index contributed by atoms with van der Waals surface area (Å²) in [6, 6.07) is 3.31. The average Bonchev–Trinajstić information content (AvgIpc) is 2.04. The molecule has 0 aliphatic rings. The Labute approximate surface area is 86.5 Å². The molecular weight excluding hydrogens is 211 g/mol. The average molecular weight is 221 g/mol. The van der Waals surface area contributed by atoms with Crippen LogP contribution in [0.4, 0.5) is 10.1 Å². The molecule has 0 aliphatic heterocycles. The van der Waals surface area contributed by atoms with Gasteiger partial charge in [-0.25, -0.2) is 0 Å². The Morgan fingerprint density at radius 1 is 1.57 bits per heavy atom. The number of nitrogens with zero attached hydrogens (tertiary/aromatic N) is 1. The lowest BCUT2D eigenvalue weighted by Crippen LogP contribution is -2.05. The topological polar surface area (TPSA) is 69.2 Å². The van der Waals surface area contributed by atoms with E-state index in [-0.39, 0.29) is 18.4 Å². The maximum absolute atomic E-state index is 12.8. The Kier molecular flexibility index (Phi) is 4.46. The number of halogens is 2. The van der Waals surface area contributed by atoms with Gasteiger partial charge in [0.1, 0.15) is 0 Å². The highest BCUT2D eigenvalue weighted by molar-refractivity contribution is 5.85. The van der Waals surface area contributed by atoms with Crippen LogP contribution in [0.5, 0.6) is 0 Å². The first kappa shape index (κ1) is 12.8. The highest BCUT2D eigenvalue weighted by atomic mass is 35.5. The molecule has 0 aliphatic carbocycles. The van der Waals surface area contributed by atoms with Crippen molar-refractivity contribution >= 4 is 18.1 Å². The predicted octanol–water partition coefficient (Wildman–Crippen LogP) is 2.18. The summed E-state index contributed by atoms with van der Waals surface area (Å²) in [5.74, 6) is -0.839. The first-order valence-corrected chi connectivity index (χ1v) is 3.72. The number of rotatable bonds is 2. The quantitative estimate of drug-likeness (QED) is 0.614. The molecule has 0 radical (unpaired) electrons. The van der Waals surface area contributed by atoms with Gasteiger partial charge in [-0.2, -0.15) is 4.39 Å². The second-order valence-corrected chi connectivity index (χ2v) is 2.76. The molecule has 0 bridgehead atoms. The summed E-state index contributed by atoms with van der Waals surface area (Å²) in [6.45, 7) is 1.68. The zero-order chi connectivity index (χ0) is 10.0. The fourth-order valence-electron chi connectivity index (χ4n) is 0.953. The largest absolute Gasteiger partial charge is 0.324 e. The van der Waals surface area contributed by atoms with E-state index in [4.69, 9.17) is 5.73 Å². The van der Waals surface area contributed by atoms with Crippen molar-refractivity contribution in [3.8, 4) is 0 Å². The van der Waals surface area contributed by atoms with Crippen LogP contribution in [0.2, 0.25) is 0 Å². The molecule has 1 rings (SSSR count). The van der Waals surface area contributed by atoms with E-state index in [0.717, 1.165) is 12.1 Å². The van der Waals surface area contributed by atoms with Crippen molar-refractivity contribution in [1.29, 1.82) is 0 Å². The van der Waals surface area contributed by atoms with Crippen LogP contribution in [-0.4, -0.2) is 4.92 Å². The summed E-state index contributed by atoms with van der Waals surface area (Å²) < 4.78 is 12.8. The molecule has 14 heavy (non-hydrogen) atoms. The van der Waals surface area contributed by atoms with Gasteiger partial charge in [-0.15, -0.1) is 12.4 Å². The first-order chi connectivity index (χ1) is 6.02. The van der Waals surface area contributed by atoms with Crippen molar-refractivity contribution in [2.24, 2.45) is 5.73 Å². The van der Waals surface area contributed by atoms with Gasteiger partial charge in [0.2, 0.25) is 5.82 Å². The van der Waals surface area contributed by atoms with E-state index in [2.05, 4.69) is 0 Å². The Morgan fingerprint density at radius 3 is 2.57 bits per heavy atom. The minimum atomic E-state index is -0.839. The second-order valence-electron chi connectivity index (χ2n) is 2.76. The minimum absolute atomic E-state index is 0. The number of benzene rings is 1. The third-order valence-electron chi connectivity index (χ3n) is 1.69. The summed E-state index contributed by atoms with van der Waals surface area (Å²) in [7, 11) is 0. The molecule has 0 heterocycles. The fraction of sp³-hybridized carbons (Fsp3) is 0.250. The molecule has 0 unspecified atom stereocenters. The zero-order valence-electron chi connectivity index (χ0n) is 7.44. The first-order valence-electron chi connectivity index (χ1n) is 3.72. The Balaban J connectivity index is 0.00000169. The van der Waals surface area contributed by atoms with Gasteiger partial charge in [0.25, 0.3) is 0 Å². The monoisotopic (exact) mass is 220 g/mol. The zero-order valence-corrected chi connectivity index (χ0v) is 8.25. The molecule has 1 atom stereocenters. The molecule has 0 fully saturated rings. The lowest BCUT2D eigenvalue weighted by atomic mass is 10.1. The molecule has 1 aromatic rings. The van der Waals surface area contributed by atoms with E-state index >= 15 is 0 Å². The number of nitro benzene ring substituents is 1. The molecule has 0 spiro atoms. The van der Waals surface area contributed by atoms with Crippen LogP contribution in [-0.2, 0) is 0 Å². The summed E-state index contributed by atoms with van der Waals surface area (Å²) in [5.41, 5.74) is 5.50. The van der Waals surface area contributed by atoms with E-state index in [1.165, 1.54) is 6.07 Å². The van der Waals surface area contributed by atoms with Crippen molar-refractivity contribution in [2.45, 2.75) is 13.0 Å². The Morgan fingerprint density at radius 2 is 2.14 bits per heavy atom. The highest BCUT2D eigenvalue weighted by Gasteiger charge is 2.15. The fourth-order valence-corrected chi connectivity index (χ4v) is 0.953. The van der Waals surface area contributed by atoms with Crippen LogP contribution in [0.15, 0.2) is 18.2 Å². The number of nitro groups is 1. The molecule has 0 aromatic heterocycles. The van der Waals surface area contributed by atoms with E-state index in [1.807, 2.05) is 0 Å². The molecule has 78 valence electrons. The predicted molar refractivity (Wildman–Crippen MR) is 52.9 cm³/mol. The van der Waals surface area contributed by atoms with Crippen LogP contribution in [0.1, 0.15) is 18.5 Å². The summed E-state index contributed by atoms with van der Waals surface area (Å²) in [5, 5.41) is 10.3. The van der Waals surface area contributed by atoms with Crippen LogP contribution < -0.4 is 5.73 Å². The van der Waals surface area contributed by atoms with Crippen molar-refractivity contribution in [1.82, 2.24) is 0 Å². The van der Waals surface area contributed by atoms with Crippen LogP contribution in [0.3, 0.4) is 0 Å². The van der Waals surface area contributed by atoms with Gasteiger partial charge in [0, 0.05) is 12.1 Å². The van der Waals surface area contributed by atoms with Crippen LogP contribution in [0, 0.1) is 15.9 Å². The molecule has 1 aromatic carbocycles. The SMILES string of the molecule is C[C@H](N)c1ccc(F)c([N+](=O)[O-])c1.Cl. The molecule has 4 nitrogen and oxygen atoms in total. The lowest BCUT2D eigenvalue weighted by Gasteiger charge is -2.04. The van der Waals surface area contributed by atoms with Crippen molar-refractivity contribution in [2.75, 3.05) is 0 Å². The molecule has 0 saturated carbocycles. The Bertz CT molecular complexity index is 344. The maximum Gasteiger partial charge on any atom is 0.305 e. The number of hydrogen-bond acceptors (Lipinski definition) is 3. The van der Waals surface area contributed by atoms with Crippen molar-refractivity contribution in [3.05, 3.63) is 39.7 Å². The van der Waals surface area contributed by atoms with Crippen LogP contribution >= 0.6 is 12.4 Å². The minimum Gasteiger partial charge on any atom is -0.324 e. The van der Waals surface area contributed by atoms with Crippen LogP contribution in [0.25, 0.3) is 0 Å². The van der Waals surface area contributed by atoms with E-state index in [0.29, 0.717) is 5.56 Å². The van der Waals surface area contributed by atoms with E-state index in [1.54, 1.807) is 6.92 Å². The smallest absolute Gasteiger partial charge is 0.305 e. The summed E-state index contributed by atoms with van der Waals surface area (Å²) in [4.78, 5) is 9.56. The van der Waals surface area contributed by atoms with Gasteiger partial charge in [-0.05, 0) is 18.6 Å². The van der Waals surface area contributed by atoms with Gasteiger partial charge in [0.15, 0.2) is 0 Å². The summed E-state index contributed by atoms with van der Waals surface area (Å²) in [6.07, 6.45) is 0. The Hall–Kier alpha value is -1.20. The lowest BCUT2D eigenvalue weighted by molar-refractivity contribution is -0.387. The second kappa shape index (κ2) is 4.88. The van der Waals surface area contributed by atoms with E-state index < -0.39 is 16.4 Å². The van der Waals surface area contributed by atoms with Gasteiger partial charge in [0.05, 0.1) is 4.92 Å². The van der Waals surface area contributed by atoms with Crippen molar-refractivity contribution < 1.29 is 9.31 Å². The van der Waals surface area contributed by atoms with Crippen molar-refractivity contribution in [3.63, 3.8) is 0 Å². The van der Waals surface area contributed by atoms with E-state index in [9.17, 15) is 14.5 Å². The van der Waals surface area contributed by atoms with Gasteiger partial charge in [-0.3, -0.25) is 10.1 Å². The third kappa shape index (κ3) is 2.65. The normalized spacial score (nSPS) is 11.6. The molecule has 2 N–H and O–H groups in total.